The van der Waals surface area contributed by atoms with Crippen LogP contribution < -0.4 is 5.32 Å². The largest absolute Gasteiger partial charge is 0.316 e. The van der Waals surface area contributed by atoms with Gasteiger partial charge in [0.1, 0.15) is 0 Å². The first-order valence-corrected chi connectivity index (χ1v) is 7.38. The van der Waals surface area contributed by atoms with Crippen molar-refractivity contribution >= 4 is 11.8 Å². The first-order valence-electron chi connectivity index (χ1n) is 6.33. The second-order valence-corrected chi connectivity index (χ2v) is 7.13. The zero-order valence-corrected chi connectivity index (χ0v) is 11.6. The molecule has 2 heteroatoms. The van der Waals surface area contributed by atoms with E-state index in [1.165, 1.54) is 37.9 Å². The molecule has 1 aliphatic carbocycles. The van der Waals surface area contributed by atoms with Crippen LogP contribution in [0.4, 0.5) is 0 Å². The zero-order chi connectivity index (χ0) is 11.3. The Balaban J connectivity index is 2.27. The van der Waals surface area contributed by atoms with Crippen molar-refractivity contribution < 1.29 is 0 Å². The Hall–Kier alpha value is 0.310. The number of hydrogen-bond acceptors (Lipinski definition) is 2. The fourth-order valence-corrected chi connectivity index (χ4v) is 4.03. The molecule has 1 unspecified atom stereocenters. The minimum absolute atomic E-state index is 0.385. The predicted octanol–water partition coefficient (Wildman–Crippen LogP) is 3.69. The van der Waals surface area contributed by atoms with Gasteiger partial charge in [-0.2, -0.15) is 11.8 Å². The van der Waals surface area contributed by atoms with Crippen LogP contribution in [-0.4, -0.2) is 24.1 Å². The molecule has 0 aromatic carbocycles. The van der Waals surface area contributed by atoms with Crippen molar-refractivity contribution in [2.75, 3.05) is 12.8 Å². The van der Waals surface area contributed by atoms with Crippen LogP contribution >= 0.6 is 11.8 Å². The van der Waals surface area contributed by atoms with Crippen molar-refractivity contribution in [1.29, 1.82) is 0 Å². The third-order valence-electron chi connectivity index (χ3n) is 3.44. The summed E-state index contributed by atoms with van der Waals surface area (Å²) in [5.41, 5.74) is 0.385. The van der Waals surface area contributed by atoms with Gasteiger partial charge < -0.3 is 5.32 Å². The molecule has 0 spiro atoms. The van der Waals surface area contributed by atoms with Crippen LogP contribution in [0.25, 0.3) is 0 Å². The maximum absolute atomic E-state index is 3.46. The van der Waals surface area contributed by atoms with Gasteiger partial charge in [0.2, 0.25) is 0 Å². The van der Waals surface area contributed by atoms with E-state index in [-0.39, 0.29) is 0 Å². The molecule has 0 aliphatic heterocycles. The lowest BCUT2D eigenvalue weighted by molar-refractivity contribution is 0.305. The summed E-state index contributed by atoms with van der Waals surface area (Å²) in [5.74, 6) is 1.27. The van der Waals surface area contributed by atoms with Gasteiger partial charge in [0.25, 0.3) is 0 Å². The molecule has 1 saturated carbocycles. The lowest BCUT2D eigenvalue weighted by atomic mass is 9.88. The molecule has 0 bridgehead atoms. The van der Waals surface area contributed by atoms with Crippen molar-refractivity contribution in [2.24, 2.45) is 5.41 Å². The Morgan fingerprint density at radius 3 is 2.27 bits per heavy atom. The SMILES string of the molecule is CNC(CSC1CCCCC1)C(C)(C)C. The third-order valence-corrected chi connectivity index (χ3v) is 4.91. The third kappa shape index (κ3) is 4.78. The highest BCUT2D eigenvalue weighted by Gasteiger charge is 2.24. The Labute approximate surface area is 99.8 Å². The normalized spacial score (nSPS) is 21.6. The Kier molecular flexibility index (Phi) is 5.48. The highest BCUT2D eigenvalue weighted by molar-refractivity contribution is 7.99. The van der Waals surface area contributed by atoms with Crippen molar-refractivity contribution in [3.05, 3.63) is 0 Å². The molecule has 15 heavy (non-hydrogen) atoms. The molecule has 0 heterocycles. The van der Waals surface area contributed by atoms with E-state index in [1.807, 2.05) is 0 Å². The van der Waals surface area contributed by atoms with Gasteiger partial charge in [0, 0.05) is 17.0 Å². The van der Waals surface area contributed by atoms with Gasteiger partial charge in [-0.05, 0) is 25.3 Å². The topological polar surface area (TPSA) is 12.0 Å². The number of thioether (sulfide) groups is 1. The second kappa shape index (κ2) is 6.15. The number of hydrogen-bond donors (Lipinski definition) is 1. The van der Waals surface area contributed by atoms with E-state index in [0.29, 0.717) is 11.5 Å². The standard InChI is InChI=1S/C13H27NS/c1-13(2,3)12(14-4)10-15-11-8-6-5-7-9-11/h11-12,14H,5-10H2,1-4H3. The average Bonchev–Trinajstić information content (AvgIpc) is 2.18. The van der Waals surface area contributed by atoms with E-state index in [2.05, 4.69) is 44.9 Å². The van der Waals surface area contributed by atoms with E-state index in [0.717, 1.165) is 5.25 Å². The summed E-state index contributed by atoms with van der Waals surface area (Å²) in [6, 6.07) is 0.643. The van der Waals surface area contributed by atoms with Gasteiger partial charge in [-0.25, -0.2) is 0 Å². The average molecular weight is 229 g/mol. The van der Waals surface area contributed by atoms with Gasteiger partial charge in [-0.1, -0.05) is 40.0 Å². The van der Waals surface area contributed by atoms with E-state index < -0.39 is 0 Å². The lowest BCUT2D eigenvalue weighted by Crippen LogP contribution is -2.40. The molecule has 0 radical (unpaired) electrons. The first-order chi connectivity index (χ1) is 7.04. The van der Waals surface area contributed by atoms with Crippen molar-refractivity contribution in [3.8, 4) is 0 Å². The lowest BCUT2D eigenvalue weighted by Gasteiger charge is -2.32. The molecule has 0 aromatic heterocycles. The van der Waals surface area contributed by atoms with Crippen molar-refractivity contribution in [1.82, 2.24) is 5.32 Å². The Morgan fingerprint density at radius 2 is 1.80 bits per heavy atom. The number of nitrogens with one attached hydrogen (secondary N) is 1. The summed E-state index contributed by atoms with van der Waals surface area (Å²) in [6.45, 7) is 6.99. The van der Waals surface area contributed by atoms with E-state index in [9.17, 15) is 0 Å². The number of rotatable bonds is 4. The molecule has 1 fully saturated rings. The molecule has 1 atom stereocenters. The molecule has 1 N–H and O–H groups in total. The van der Waals surface area contributed by atoms with Gasteiger partial charge >= 0.3 is 0 Å². The molecule has 1 aliphatic rings. The Morgan fingerprint density at radius 1 is 1.20 bits per heavy atom. The van der Waals surface area contributed by atoms with Crippen LogP contribution in [0, 0.1) is 5.41 Å². The fraction of sp³-hybridized carbons (Fsp3) is 1.00. The smallest absolute Gasteiger partial charge is 0.0203 e. The van der Waals surface area contributed by atoms with Crippen LogP contribution in [0.3, 0.4) is 0 Å². The maximum atomic E-state index is 3.46. The quantitative estimate of drug-likeness (QED) is 0.789. The molecule has 0 saturated heterocycles. The summed E-state index contributed by atoms with van der Waals surface area (Å²) >= 11 is 2.19. The predicted molar refractivity (Wildman–Crippen MR) is 71.6 cm³/mol. The highest BCUT2D eigenvalue weighted by Crippen LogP contribution is 2.31. The highest BCUT2D eigenvalue weighted by atomic mass is 32.2. The summed E-state index contributed by atoms with van der Waals surface area (Å²) in [6.07, 6.45) is 7.27. The zero-order valence-electron chi connectivity index (χ0n) is 10.8. The van der Waals surface area contributed by atoms with E-state index >= 15 is 0 Å². The van der Waals surface area contributed by atoms with E-state index in [1.54, 1.807) is 0 Å². The summed E-state index contributed by atoms with van der Waals surface area (Å²) < 4.78 is 0. The second-order valence-electron chi connectivity index (χ2n) is 5.80. The van der Waals surface area contributed by atoms with Gasteiger partial charge in [-0.15, -0.1) is 0 Å². The first kappa shape index (κ1) is 13.4. The molecule has 90 valence electrons. The monoisotopic (exact) mass is 229 g/mol. The molecule has 0 aromatic rings. The molecule has 1 rings (SSSR count). The fourth-order valence-electron chi connectivity index (χ4n) is 2.23. The summed E-state index contributed by atoms with van der Waals surface area (Å²) in [4.78, 5) is 0. The summed E-state index contributed by atoms with van der Waals surface area (Å²) in [7, 11) is 2.09. The van der Waals surface area contributed by atoms with Gasteiger partial charge in [0.05, 0.1) is 0 Å². The Bertz CT molecular complexity index is 168. The van der Waals surface area contributed by atoms with Crippen molar-refractivity contribution in [3.63, 3.8) is 0 Å². The molecule has 0 amide bonds. The van der Waals surface area contributed by atoms with Crippen LogP contribution in [0.15, 0.2) is 0 Å². The van der Waals surface area contributed by atoms with Gasteiger partial charge in [0.15, 0.2) is 0 Å². The summed E-state index contributed by atoms with van der Waals surface area (Å²) in [5, 5.41) is 4.40. The van der Waals surface area contributed by atoms with Gasteiger partial charge in [-0.3, -0.25) is 0 Å². The van der Waals surface area contributed by atoms with Crippen molar-refractivity contribution in [2.45, 2.75) is 64.2 Å². The minimum Gasteiger partial charge on any atom is -0.316 e. The maximum Gasteiger partial charge on any atom is 0.0203 e. The van der Waals surface area contributed by atoms with Crippen LogP contribution in [0.5, 0.6) is 0 Å². The van der Waals surface area contributed by atoms with Crippen LogP contribution in [0.1, 0.15) is 52.9 Å². The minimum atomic E-state index is 0.385. The van der Waals surface area contributed by atoms with Crippen LogP contribution in [-0.2, 0) is 0 Å². The van der Waals surface area contributed by atoms with Crippen LogP contribution in [0.2, 0.25) is 0 Å². The molecule has 1 nitrogen and oxygen atoms in total. The molecular weight excluding hydrogens is 202 g/mol. The molecular formula is C13H27NS. The van der Waals surface area contributed by atoms with E-state index in [4.69, 9.17) is 0 Å².